The maximum Gasteiger partial charge on any atom is 0.271 e. The van der Waals surface area contributed by atoms with Crippen LogP contribution in [0.3, 0.4) is 0 Å². The molecule has 0 fully saturated rings. The number of halogens is 1. The molecule has 0 atom stereocenters. The van der Waals surface area contributed by atoms with Crippen molar-refractivity contribution in [3.63, 3.8) is 0 Å². The summed E-state index contributed by atoms with van der Waals surface area (Å²) in [6.45, 7) is 2.95. The highest BCUT2D eigenvalue weighted by molar-refractivity contribution is 5.95. The summed E-state index contributed by atoms with van der Waals surface area (Å²) in [7, 11) is 1.54. The predicted molar refractivity (Wildman–Crippen MR) is 121 cm³/mol. The summed E-state index contributed by atoms with van der Waals surface area (Å²) in [6.07, 6.45) is 2.44. The van der Waals surface area contributed by atoms with Crippen LogP contribution in [0.15, 0.2) is 71.8 Å². The molecule has 6 nitrogen and oxygen atoms in total. The molecule has 0 aromatic heterocycles. The third kappa shape index (κ3) is 6.57. The second kappa shape index (κ2) is 11.5. The van der Waals surface area contributed by atoms with Crippen LogP contribution in [0.25, 0.3) is 0 Å². The molecule has 32 heavy (non-hydrogen) atoms. The minimum atomic E-state index is -0.325. The topological polar surface area (TPSA) is 69.2 Å². The number of nitrogens with zero attached hydrogens (tertiary/aromatic N) is 1. The molecular formula is C25H25FN2O4. The summed E-state index contributed by atoms with van der Waals surface area (Å²) < 4.78 is 29.7. The number of hydrogen-bond donors (Lipinski definition) is 1. The molecule has 0 aliphatic carbocycles. The first kappa shape index (κ1) is 22.8. The van der Waals surface area contributed by atoms with Crippen molar-refractivity contribution in [2.24, 2.45) is 5.10 Å². The van der Waals surface area contributed by atoms with E-state index in [-0.39, 0.29) is 18.3 Å². The zero-order valence-electron chi connectivity index (χ0n) is 18.0. The first-order chi connectivity index (χ1) is 15.6. The molecular weight excluding hydrogens is 411 g/mol. The van der Waals surface area contributed by atoms with Crippen LogP contribution < -0.4 is 19.6 Å². The Hall–Kier alpha value is -3.87. The van der Waals surface area contributed by atoms with Crippen molar-refractivity contribution in [1.29, 1.82) is 0 Å². The van der Waals surface area contributed by atoms with Crippen LogP contribution >= 0.6 is 0 Å². The van der Waals surface area contributed by atoms with Gasteiger partial charge >= 0.3 is 0 Å². The Morgan fingerprint density at radius 2 is 1.75 bits per heavy atom. The number of carbonyl (C=O) groups excluding carboxylic acids is 1. The standard InChI is InChI=1S/C25H25FN2O4/c1-3-14-31-22-11-7-20(8-12-22)25(29)28-27-16-19-6-13-23(24(15-19)30-2)32-17-18-4-9-21(26)10-5-18/h4-13,15-16H,3,14,17H2,1-2H3,(H,28,29)/b27-16-. The zero-order chi connectivity index (χ0) is 22.8. The molecule has 0 spiro atoms. The van der Waals surface area contributed by atoms with Gasteiger partial charge < -0.3 is 14.2 Å². The van der Waals surface area contributed by atoms with E-state index in [2.05, 4.69) is 10.5 Å². The van der Waals surface area contributed by atoms with E-state index in [9.17, 15) is 9.18 Å². The van der Waals surface area contributed by atoms with Crippen molar-refractivity contribution in [3.8, 4) is 17.2 Å². The van der Waals surface area contributed by atoms with E-state index in [1.54, 1.807) is 54.6 Å². The van der Waals surface area contributed by atoms with Crippen molar-refractivity contribution in [3.05, 3.63) is 89.2 Å². The number of benzene rings is 3. The second-order valence-electron chi connectivity index (χ2n) is 6.90. The molecule has 166 valence electrons. The number of hydrazone groups is 1. The van der Waals surface area contributed by atoms with Crippen molar-refractivity contribution < 1.29 is 23.4 Å². The summed E-state index contributed by atoms with van der Waals surface area (Å²) in [5.74, 6) is 1.17. The fourth-order valence-corrected chi connectivity index (χ4v) is 2.78. The van der Waals surface area contributed by atoms with Gasteiger partial charge in [0.25, 0.3) is 5.91 Å². The average Bonchev–Trinajstić information content (AvgIpc) is 2.83. The Morgan fingerprint density at radius 3 is 2.44 bits per heavy atom. The zero-order valence-corrected chi connectivity index (χ0v) is 18.0. The molecule has 0 saturated carbocycles. The minimum Gasteiger partial charge on any atom is -0.494 e. The first-order valence-electron chi connectivity index (χ1n) is 10.2. The third-order valence-electron chi connectivity index (χ3n) is 4.46. The second-order valence-corrected chi connectivity index (χ2v) is 6.90. The lowest BCUT2D eigenvalue weighted by Gasteiger charge is -2.11. The number of carbonyl (C=O) groups is 1. The van der Waals surface area contributed by atoms with Gasteiger partial charge in [-0.1, -0.05) is 19.1 Å². The Labute approximate surface area is 186 Å². The van der Waals surface area contributed by atoms with E-state index in [0.29, 0.717) is 23.7 Å². The van der Waals surface area contributed by atoms with E-state index >= 15 is 0 Å². The van der Waals surface area contributed by atoms with Gasteiger partial charge in [0.05, 0.1) is 19.9 Å². The molecule has 3 aromatic rings. The molecule has 7 heteroatoms. The highest BCUT2D eigenvalue weighted by atomic mass is 19.1. The van der Waals surface area contributed by atoms with Gasteiger partial charge in [-0.25, -0.2) is 9.82 Å². The molecule has 1 N–H and O–H groups in total. The smallest absolute Gasteiger partial charge is 0.271 e. The molecule has 0 saturated heterocycles. The van der Waals surface area contributed by atoms with Gasteiger partial charge in [0.15, 0.2) is 11.5 Å². The summed E-state index contributed by atoms with van der Waals surface area (Å²) in [6, 6.07) is 18.3. The number of rotatable bonds is 10. The van der Waals surface area contributed by atoms with E-state index in [1.165, 1.54) is 25.5 Å². The van der Waals surface area contributed by atoms with E-state index < -0.39 is 0 Å². The summed E-state index contributed by atoms with van der Waals surface area (Å²) in [5, 5.41) is 4.01. The van der Waals surface area contributed by atoms with Gasteiger partial charge in [-0.05, 0) is 72.1 Å². The number of ether oxygens (including phenoxy) is 3. The predicted octanol–water partition coefficient (Wildman–Crippen LogP) is 4.97. The third-order valence-corrected chi connectivity index (χ3v) is 4.46. The lowest BCUT2D eigenvalue weighted by Crippen LogP contribution is -2.17. The number of nitrogens with one attached hydrogen (secondary N) is 1. The highest BCUT2D eigenvalue weighted by Gasteiger charge is 2.07. The molecule has 3 aromatic carbocycles. The molecule has 0 aliphatic rings. The Bertz CT molecular complexity index is 1050. The molecule has 0 unspecified atom stereocenters. The lowest BCUT2D eigenvalue weighted by atomic mass is 10.2. The van der Waals surface area contributed by atoms with Gasteiger partial charge in [0.1, 0.15) is 18.2 Å². The quantitative estimate of drug-likeness (QED) is 0.360. The van der Waals surface area contributed by atoms with Crippen molar-refractivity contribution >= 4 is 12.1 Å². The largest absolute Gasteiger partial charge is 0.494 e. The van der Waals surface area contributed by atoms with Crippen LogP contribution in [0.5, 0.6) is 17.2 Å². The summed E-state index contributed by atoms with van der Waals surface area (Å²) in [4.78, 5) is 12.2. The molecule has 1 amide bonds. The van der Waals surface area contributed by atoms with Gasteiger partial charge in [0.2, 0.25) is 0 Å². The normalized spacial score (nSPS) is 10.7. The monoisotopic (exact) mass is 436 g/mol. The van der Waals surface area contributed by atoms with Crippen molar-refractivity contribution in [1.82, 2.24) is 5.43 Å². The Morgan fingerprint density at radius 1 is 1.00 bits per heavy atom. The van der Waals surface area contributed by atoms with Crippen LogP contribution in [0, 0.1) is 5.82 Å². The van der Waals surface area contributed by atoms with Crippen molar-refractivity contribution in [2.45, 2.75) is 20.0 Å². The van der Waals surface area contributed by atoms with E-state index in [0.717, 1.165) is 23.3 Å². The van der Waals surface area contributed by atoms with Crippen LogP contribution in [0.1, 0.15) is 34.8 Å². The summed E-state index contributed by atoms with van der Waals surface area (Å²) in [5.41, 5.74) is 4.54. The van der Waals surface area contributed by atoms with Crippen LogP contribution in [0.4, 0.5) is 4.39 Å². The fraction of sp³-hybridized carbons (Fsp3) is 0.200. The number of hydrogen-bond acceptors (Lipinski definition) is 5. The fourth-order valence-electron chi connectivity index (χ4n) is 2.78. The molecule has 0 radical (unpaired) electrons. The Balaban J connectivity index is 1.57. The van der Waals surface area contributed by atoms with Gasteiger partial charge in [-0.15, -0.1) is 0 Å². The molecule has 3 rings (SSSR count). The van der Waals surface area contributed by atoms with Gasteiger partial charge in [-0.2, -0.15) is 5.10 Å². The van der Waals surface area contributed by atoms with E-state index in [4.69, 9.17) is 14.2 Å². The average molecular weight is 436 g/mol. The van der Waals surface area contributed by atoms with Gasteiger partial charge in [-0.3, -0.25) is 4.79 Å². The molecule has 0 aliphatic heterocycles. The molecule has 0 bridgehead atoms. The lowest BCUT2D eigenvalue weighted by molar-refractivity contribution is 0.0955. The maximum atomic E-state index is 13.0. The first-order valence-corrected chi connectivity index (χ1v) is 10.2. The maximum absolute atomic E-state index is 13.0. The minimum absolute atomic E-state index is 0.280. The van der Waals surface area contributed by atoms with Crippen molar-refractivity contribution in [2.75, 3.05) is 13.7 Å². The molecule has 0 heterocycles. The van der Waals surface area contributed by atoms with Crippen LogP contribution in [-0.4, -0.2) is 25.8 Å². The van der Waals surface area contributed by atoms with Crippen LogP contribution in [-0.2, 0) is 6.61 Å². The SMILES string of the molecule is CCCOc1ccc(C(=O)N/N=C\c2ccc(OCc3ccc(F)cc3)c(OC)c2)cc1. The van der Waals surface area contributed by atoms with Gasteiger partial charge in [0, 0.05) is 5.56 Å². The summed E-state index contributed by atoms with van der Waals surface area (Å²) >= 11 is 0. The Kier molecular flexibility index (Phi) is 8.20. The number of amides is 1. The van der Waals surface area contributed by atoms with E-state index in [1.807, 2.05) is 6.92 Å². The highest BCUT2D eigenvalue weighted by Crippen LogP contribution is 2.28. The number of methoxy groups -OCH3 is 1. The van der Waals surface area contributed by atoms with Crippen LogP contribution in [0.2, 0.25) is 0 Å².